The van der Waals surface area contributed by atoms with Gasteiger partial charge < -0.3 is 14.8 Å². The molecule has 0 fully saturated rings. The Hall–Kier alpha value is -2.61. The maximum absolute atomic E-state index is 12.4. The van der Waals surface area contributed by atoms with E-state index in [0.717, 1.165) is 11.6 Å². The van der Waals surface area contributed by atoms with E-state index in [1.807, 2.05) is 0 Å². The number of nitrogens with zero attached hydrogens (tertiary/aromatic N) is 1. The molecule has 0 saturated heterocycles. The van der Waals surface area contributed by atoms with Crippen molar-refractivity contribution in [3.63, 3.8) is 0 Å². The van der Waals surface area contributed by atoms with Gasteiger partial charge in [-0.25, -0.2) is 4.98 Å². The van der Waals surface area contributed by atoms with E-state index >= 15 is 0 Å². The van der Waals surface area contributed by atoms with E-state index in [2.05, 4.69) is 15.0 Å². The van der Waals surface area contributed by atoms with Crippen molar-refractivity contribution in [2.75, 3.05) is 6.54 Å². The van der Waals surface area contributed by atoms with Crippen LogP contribution in [0.25, 0.3) is 0 Å². The zero-order valence-electron chi connectivity index (χ0n) is 13.7. The molecule has 8 heteroatoms. The molecule has 0 aliphatic heterocycles. The first kappa shape index (κ1) is 18.7. The van der Waals surface area contributed by atoms with Crippen LogP contribution in [0.3, 0.4) is 0 Å². The van der Waals surface area contributed by atoms with Crippen molar-refractivity contribution in [2.24, 2.45) is 0 Å². The highest BCUT2D eigenvalue weighted by Crippen LogP contribution is 2.31. The number of aromatic nitrogens is 1. The number of pyridine rings is 1. The molecular formula is C17H17F3N2O3. The molecule has 0 bridgehead atoms. The maximum Gasteiger partial charge on any atom is 0.573 e. The predicted octanol–water partition coefficient (Wildman–Crippen LogP) is 3.76. The van der Waals surface area contributed by atoms with Gasteiger partial charge in [-0.15, -0.1) is 13.2 Å². The second-order valence-corrected chi connectivity index (χ2v) is 5.39. The van der Waals surface area contributed by atoms with Crippen LogP contribution in [0.4, 0.5) is 13.2 Å². The summed E-state index contributed by atoms with van der Waals surface area (Å²) in [5, 5.41) is 2.95. The molecule has 1 aromatic carbocycles. The summed E-state index contributed by atoms with van der Waals surface area (Å²) >= 11 is 0. The molecule has 0 atom stereocenters. The first-order valence-electron chi connectivity index (χ1n) is 7.42. The third-order valence-electron chi connectivity index (χ3n) is 3.11. The van der Waals surface area contributed by atoms with Gasteiger partial charge in [0.25, 0.3) is 0 Å². The lowest BCUT2D eigenvalue weighted by atomic mass is 10.2. The Morgan fingerprint density at radius 1 is 1.24 bits per heavy atom. The van der Waals surface area contributed by atoms with Gasteiger partial charge in [-0.2, -0.15) is 0 Å². The van der Waals surface area contributed by atoms with Crippen LogP contribution in [0.2, 0.25) is 0 Å². The molecule has 1 N–H and O–H groups in total. The van der Waals surface area contributed by atoms with Crippen molar-refractivity contribution < 1.29 is 27.4 Å². The van der Waals surface area contributed by atoms with Crippen molar-refractivity contribution in [1.82, 2.24) is 10.3 Å². The first-order valence-corrected chi connectivity index (χ1v) is 7.42. The largest absolute Gasteiger partial charge is 0.573 e. The van der Waals surface area contributed by atoms with Gasteiger partial charge in [-0.3, -0.25) is 4.79 Å². The third-order valence-corrected chi connectivity index (χ3v) is 3.11. The lowest BCUT2D eigenvalue weighted by Crippen LogP contribution is -2.20. The van der Waals surface area contributed by atoms with Crippen LogP contribution in [0.15, 0.2) is 36.5 Å². The number of ketones is 1. The quantitative estimate of drug-likeness (QED) is 0.820. The Balaban J connectivity index is 2.02. The lowest BCUT2D eigenvalue weighted by molar-refractivity contribution is -0.274. The van der Waals surface area contributed by atoms with E-state index in [1.54, 1.807) is 18.3 Å². The molecule has 1 aromatic heterocycles. The average molecular weight is 354 g/mol. The number of rotatable bonds is 7. The maximum atomic E-state index is 12.4. The van der Waals surface area contributed by atoms with Crippen molar-refractivity contribution in [3.8, 4) is 17.4 Å². The standard InChI is InChI=1S/C17H17F3N2O3/c1-11-3-5-14(7-15(11)25-17(18,19)20)24-16-6-4-13(10-22-16)9-21-8-12(2)23/h3-7,10,21H,8-9H2,1-2H3. The van der Waals surface area contributed by atoms with E-state index in [1.165, 1.54) is 26.0 Å². The third kappa shape index (κ3) is 6.42. The minimum atomic E-state index is -4.77. The highest BCUT2D eigenvalue weighted by molar-refractivity contribution is 5.77. The second-order valence-electron chi connectivity index (χ2n) is 5.39. The molecule has 0 amide bonds. The van der Waals surface area contributed by atoms with Gasteiger partial charge in [-0.05, 0) is 31.0 Å². The molecule has 0 aliphatic rings. The predicted molar refractivity (Wildman–Crippen MR) is 84.6 cm³/mol. The van der Waals surface area contributed by atoms with Gasteiger partial charge in [0.15, 0.2) is 0 Å². The minimum absolute atomic E-state index is 0.0316. The number of carbonyl (C=O) groups excluding carboxylic acids is 1. The smallest absolute Gasteiger partial charge is 0.439 e. The van der Waals surface area contributed by atoms with Crippen LogP contribution in [0.5, 0.6) is 17.4 Å². The fourth-order valence-electron chi connectivity index (χ4n) is 1.96. The van der Waals surface area contributed by atoms with Crippen molar-refractivity contribution in [3.05, 3.63) is 47.7 Å². The summed E-state index contributed by atoms with van der Waals surface area (Å²) in [6, 6.07) is 7.50. The number of ether oxygens (including phenoxy) is 2. The zero-order chi connectivity index (χ0) is 18.4. The average Bonchev–Trinajstić information content (AvgIpc) is 2.51. The van der Waals surface area contributed by atoms with Crippen molar-refractivity contribution in [1.29, 1.82) is 0 Å². The molecule has 0 spiro atoms. The van der Waals surface area contributed by atoms with Crippen LogP contribution in [-0.2, 0) is 11.3 Å². The topological polar surface area (TPSA) is 60.5 Å². The summed E-state index contributed by atoms with van der Waals surface area (Å²) < 4.78 is 46.5. The molecule has 2 aromatic rings. The van der Waals surface area contributed by atoms with Gasteiger partial charge in [0.05, 0.1) is 6.54 Å². The number of hydrogen-bond donors (Lipinski definition) is 1. The SMILES string of the molecule is CC(=O)CNCc1ccc(Oc2ccc(C)c(OC(F)(F)F)c2)nc1. The normalized spacial score (nSPS) is 11.2. The molecule has 1 heterocycles. The van der Waals surface area contributed by atoms with E-state index < -0.39 is 6.36 Å². The van der Waals surface area contributed by atoms with Gasteiger partial charge >= 0.3 is 6.36 Å². The Bertz CT molecular complexity index is 731. The summed E-state index contributed by atoms with van der Waals surface area (Å²) in [5.74, 6) is 0.121. The summed E-state index contributed by atoms with van der Waals surface area (Å²) in [4.78, 5) is 14.9. The van der Waals surface area contributed by atoms with Gasteiger partial charge in [0.2, 0.25) is 5.88 Å². The molecule has 0 radical (unpaired) electrons. The number of hydrogen-bond acceptors (Lipinski definition) is 5. The highest BCUT2D eigenvalue weighted by atomic mass is 19.4. The molecule has 2 rings (SSSR count). The van der Waals surface area contributed by atoms with E-state index in [4.69, 9.17) is 4.74 Å². The van der Waals surface area contributed by atoms with Crippen LogP contribution in [0, 0.1) is 6.92 Å². The Morgan fingerprint density at radius 2 is 2.00 bits per heavy atom. The zero-order valence-corrected chi connectivity index (χ0v) is 13.7. The molecule has 0 saturated carbocycles. The molecule has 0 unspecified atom stereocenters. The summed E-state index contributed by atoms with van der Waals surface area (Å²) in [5.41, 5.74) is 1.18. The number of Topliss-reactive ketones (excluding diaryl/α,β-unsaturated/α-hetero) is 1. The number of nitrogens with one attached hydrogen (secondary N) is 1. The van der Waals surface area contributed by atoms with E-state index in [-0.39, 0.29) is 29.7 Å². The monoisotopic (exact) mass is 354 g/mol. The Morgan fingerprint density at radius 3 is 2.60 bits per heavy atom. The molecule has 0 aliphatic carbocycles. The lowest BCUT2D eigenvalue weighted by Gasteiger charge is -2.13. The fraction of sp³-hybridized carbons (Fsp3) is 0.294. The number of carbonyl (C=O) groups is 1. The number of halogens is 3. The summed E-state index contributed by atoms with van der Waals surface area (Å²) in [6.45, 7) is 3.73. The van der Waals surface area contributed by atoms with Crippen LogP contribution < -0.4 is 14.8 Å². The second kappa shape index (κ2) is 7.98. The van der Waals surface area contributed by atoms with Crippen LogP contribution in [-0.4, -0.2) is 23.7 Å². The number of alkyl halides is 3. The van der Waals surface area contributed by atoms with E-state index in [0.29, 0.717) is 12.1 Å². The fourth-order valence-corrected chi connectivity index (χ4v) is 1.96. The summed E-state index contributed by atoms with van der Waals surface area (Å²) in [6.07, 6.45) is -3.21. The van der Waals surface area contributed by atoms with E-state index in [9.17, 15) is 18.0 Å². The Kier molecular flexibility index (Phi) is 5.97. The molecular weight excluding hydrogens is 337 g/mol. The Labute approximate surface area is 142 Å². The molecule has 5 nitrogen and oxygen atoms in total. The summed E-state index contributed by atoms with van der Waals surface area (Å²) in [7, 11) is 0. The van der Waals surface area contributed by atoms with Gasteiger partial charge in [0, 0.05) is 24.9 Å². The first-order chi connectivity index (χ1) is 11.7. The minimum Gasteiger partial charge on any atom is -0.439 e. The number of benzene rings is 1. The molecule has 25 heavy (non-hydrogen) atoms. The van der Waals surface area contributed by atoms with Gasteiger partial charge in [0.1, 0.15) is 17.3 Å². The van der Waals surface area contributed by atoms with Crippen molar-refractivity contribution >= 4 is 5.78 Å². The molecule has 134 valence electrons. The highest BCUT2D eigenvalue weighted by Gasteiger charge is 2.31. The van der Waals surface area contributed by atoms with Crippen LogP contribution in [0.1, 0.15) is 18.1 Å². The van der Waals surface area contributed by atoms with Gasteiger partial charge in [-0.1, -0.05) is 12.1 Å². The van der Waals surface area contributed by atoms with Crippen LogP contribution >= 0.6 is 0 Å². The van der Waals surface area contributed by atoms with Crippen molar-refractivity contribution in [2.45, 2.75) is 26.8 Å². The number of aryl methyl sites for hydroxylation is 1.